The molecule has 0 aliphatic carbocycles. The summed E-state index contributed by atoms with van der Waals surface area (Å²) < 4.78 is 15.1. The quantitative estimate of drug-likeness (QED) is 0.639. The summed E-state index contributed by atoms with van der Waals surface area (Å²) in [6, 6.07) is 5.21. The molecule has 0 fully saturated rings. The molecule has 0 aliphatic heterocycles. The molecule has 1 atom stereocenters. The third kappa shape index (κ3) is 4.39. The zero-order chi connectivity index (χ0) is 17.5. The number of amides is 2. The summed E-state index contributed by atoms with van der Waals surface area (Å²) in [6.45, 7) is 0.430. The molecule has 0 bridgehead atoms. The second-order valence-electron chi connectivity index (χ2n) is 5.20. The average molecular weight is 333 g/mol. The zero-order valence-corrected chi connectivity index (χ0v) is 13.5. The van der Waals surface area contributed by atoms with Crippen LogP contribution in [-0.2, 0) is 11.8 Å². The molecule has 0 saturated carbocycles. The van der Waals surface area contributed by atoms with Crippen LogP contribution in [0.3, 0.4) is 0 Å². The smallest absolute Gasteiger partial charge is 0.254 e. The summed E-state index contributed by atoms with van der Waals surface area (Å²) in [6.07, 6.45) is 3.36. The molecule has 0 aliphatic rings. The van der Waals surface area contributed by atoms with Crippen molar-refractivity contribution < 1.29 is 14.0 Å². The maximum absolute atomic E-state index is 13.5. The third-order valence-corrected chi connectivity index (χ3v) is 3.44. The van der Waals surface area contributed by atoms with Gasteiger partial charge in [-0.25, -0.2) is 4.39 Å². The van der Waals surface area contributed by atoms with Crippen LogP contribution in [0.1, 0.15) is 22.0 Å². The van der Waals surface area contributed by atoms with Crippen LogP contribution in [0.15, 0.2) is 36.7 Å². The predicted octanol–water partition coefficient (Wildman–Crippen LogP) is 0.366. The number of aryl methyl sites for hydroxylation is 1. The number of benzene rings is 1. The maximum Gasteiger partial charge on any atom is 0.254 e. The number of hydrogen-bond acceptors (Lipinski definition) is 4. The Morgan fingerprint density at radius 2 is 1.96 bits per heavy atom. The van der Waals surface area contributed by atoms with Gasteiger partial charge in [-0.15, -0.1) is 0 Å². The summed E-state index contributed by atoms with van der Waals surface area (Å²) >= 11 is 0. The summed E-state index contributed by atoms with van der Waals surface area (Å²) in [5.74, 6) is -1.32. The van der Waals surface area contributed by atoms with E-state index < -0.39 is 17.8 Å². The van der Waals surface area contributed by atoms with E-state index in [1.165, 1.54) is 18.2 Å². The molecule has 1 heterocycles. The molecule has 8 heteroatoms. The zero-order valence-electron chi connectivity index (χ0n) is 13.5. The molecule has 2 aromatic rings. The number of nitrogens with one attached hydrogen (secondary N) is 3. The lowest BCUT2D eigenvalue weighted by atomic mass is 10.1. The molecule has 0 spiro atoms. The van der Waals surface area contributed by atoms with Gasteiger partial charge in [-0.2, -0.15) is 5.10 Å². The van der Waals surface area contributed by atoms with Gasteiger partial charge in [0.2, 0.25) is 5.91 Å². The number of carbonyl (C=O) groups is 2. The Labute approximate surface area is 139 Å². The van der Waals surface area contributed by atoms with E-state index in [0.717, 1.165) is 5.56 Å². The number of carbonyl (C=O) groups excluding carboxylic acids is 2. The summed E-state index contributed by atoms with van der Waals surface area (Å²) in [7, 11) is 3.45. The number of aromatic nitrogens is 2. The van der Waals surface area contributed by atoms with Gasteiger partial charge in [0, 0.05) is 31.9 Å². The fourth-order valence-corrected chi connectivity index (χ4v) is 2.24. The number of likely N-dealkylation sites (N-methyl/N-ethyl adjacent to an activating group) is 1. The van der Waals surface area contributed by atoms with Crippen molar-refractivity contribution in [3.63, 3.8) is 0 Å². The largest absolute Gasteiger partial charge is 0.353 e. The lowest BCUT2D eigenvalue weighted by molar-refractivity contribution is -0.123. The Bertz CT molecular complexity index is 716. The summed E-state index contributed by atoms with van der Waals surface area (Å²) in [5, 5.41) is 12.2. The van der Waals surface area contributed by atoms with Crippen molar-refractivity contribution in [2.24, 2.45) is 7.05 Å². The van der Waals surface area contributed by atoms with Crippen molar-refractivity contribution >= 4 is 11.8 Å². The molecule has 1 aromatic carbocycles. The number of nitrogens with zero attached hydrogens (tertiary/aromatic N) is 2. The number of rotatable bonds is 7. The Morgan fingerprint density at radius 3 is 2.58 bits per heavy atom. The number of halogens is 1. The van der Waals surface area contributed by atoms with Gasteiger partial charge >= 0.3 is 0 Å². The molecule has 2 rings (SSSR count). The highest BCUT2D eigenvalue weighted by atomic mass is 19.1. The minimum atomic E-state index is -0.578. The Morgan fingerprint density at radius 1 is 1.25 bits per heavy atom. The van der Waals surface area contributed by atoms with Crippen LogP contribution >= 0.6 is 0 Å². The molecule has 1 unspecified atom stereocenters. The van der Waals surface area contributed by atoms with E-state index in [0.29, 0.717) is 0 Å². The Kier molecular flexibility index (Phi) is 6.02. The van der Waals surface area contributed by atoms with Gasteiger partial charge < -0.3 is 16.0 Å². The van der Waals surface area contributed by atoms with Crippen LogP contribution < -0.4 is 16.0 Å². The first-order valence-corrected chi connectivity index (χ1v) is 7.49. The molecule has 3 N–H and O–H groups in total. The van der Waals surface area contributed by atoms with Crippen molar-refractivity contribution in [2.75, 3.05) is 20.1 Å². The van der Waals surface area contributed by atoms with Crippen LogP contribution in [0.25, 0.3) is 0 Å². The maximum atomic E-state index is 13.5. The van der Waals surface area contributed by atoms with Crippen molar-refractivity contribution in [3.05, 3.63) is 53.6 Å². The van der Waals surface area contributed by atoms with E-state index >= 15 is 0 Å². The standard InChI is InChI=1S/C16H20FN5O2/c1-18-14(11-9-21-22(2)10-11)16(24)20-8-7-19-15(23)12-5-3-4-6-13(12)17/h3-6,9-10,14,18H,7-8H2,1-2H3,(H,19,23)(H,20,24). The van der Waals surface area contributed by atoms with E-state index in [-0.39, 0.29) is 24.6 Å². The molecule has 0 radical (unpaired) electrons. The van der Waals surface area contributed by atoms with Crippen LogP contribution in [0.5, 0.6) is 0 Å². The second kappa shape index (κ2) is 8.21. The van der Waals surface area contributed by atoms with E-state index in [1.54, 1.807) is 37.2 Å². The molecule has 7 nitrogen and oxygen atoms in total. The highest BCUT2D eigenvalue weighted by molar-refractivity contribution is 5.94. The Balaban J connectivity index is 1.80. The predicted molar refractivity (Wildman–Crippen MR) is 86.8 cm³/mol. The van der Waals surface area contributed by atoms with Gasteiger partial charge in [-0.3, -0.25) is 14.3 Å². The van der Waals surface area contributed by atoms with Crippen molar-refractivity contribution in [1.82, 2.24) is 25.7 Å². The van der Waals surface area contributed by atoms with E-state index in [4.69, 9.17) is 0 Å². The van der Waals surface area contributed by atoms with Crippen molar-refractivity contribution in [2.45, 2.75) is 6.04 Å². The average Bonchev–Trinajstić information content (AvgIpc) is 2.98. The SMILES string of the molecule is CNC(C(=O)NCCNC(=O)c1ccccc1F)c1cnn(C)c1. The molecule has 2 amide bonds. The van der Waals surface area contributed by atoms with E-state index in [2.05, 4.69) is 21.0 Å². The van der Waals surface area contributed by atoms with Gasteiger partial charge in [-0.05, 0) is 19.2 Å². The summed E-state index contributed by atoms with van der Waals surface area (Å²) in [5.41, 5.74) is 0.722. The lowest BCUT2D eigenvalue weighted by Crippen LogP contribution is -2.40. The highest BCUT2D eigenvalue weighted by Crippen LogP contribution is 2.10. The minimum absolute atomic E-state index is 0.0210. The monoisotopic (exact) mass is 333 g/mol. The van der Waals surface area contributed by atoms with Crippen LogP contribution in [-0.4, -0.2) is 41.7 Å². The normalized spacial score (nSPS) is 11.8. The fraction of sp³-hybridized carbons (Fsp3) is 0.312. The molecular formula is C16H20FN5O2. The molecule has 0 saturated heterocycles. The summed E-state index contributed by atoms with van der Waals surface area (Å²) in [4.78, 5) is 24.0. The first-order chi connectivity index (χ1) is 11.5. The third-order valence-electron chi connectivity index (χ3n) is 3.44. The van der Waals surface area contributed by atoms with Crippen molar-refractivity contribution in [1.29, 1.82) is 0 Å². The first-order valence-electron chi connectivity index (χ1n) is 7.49. The van der Waals surface area contributed by atoms with Crippen LogP contribution in [0.2, 0.25) is 0 Å². The molecule has 1 aromatic heterocycles. The molecule has 128 valence electrons. The molecular weight excluding hydrogens is 313 g/mol. The van der Waals surface area contributed by atoms with Gasteiger partial charge in [0.05, 0.1) is 11.8 Å². The van der Waals surface area contributed by atoms with E-state index in [9.17, 15) is 14.0 Å². The van der Waals surface area contributed by atoms with Crippen LogP contribution in [0.4, 0.5) is 4.39 Å². The minimum Gasteiger partial charge on any atom is -0.353 e. The van der Waals surface area contributed by atoms with Gasteiger partial charge in [0.15, 0.2) is 0 Å². The van der Waals surface area contributed by atoms with Gasteiger partial charge in [-0.1, -0.05) is 12.1 Å². The molecule has 24 heavy (non-hydrogen) atoms. The number of hydrogen-bond donors (Lipinski definition) is 3. The van der Waals surface area contributed by atoms with Crippen molar-refractivity contribution in [3.8, 4) is 0 Å². The first kappa shape index (κ1) is 17.6. The van der Waals surface area contributed by atoms with Gasteiger partial charge in [0.1, 0.15) is 11.9 Å². The fourth-order valence-electron chi connectivity index (χ4n) is 2.24. The van der Waals surface area contributed by atoms with Crippen LogP contribution in [0, 0.1) is 5.82 Å². The topological polar surface area (TPSA) is 88.1 Å². The Hall–Kier alpha value is -2.74. The highest BCUT2D eigenvalue weighted by Gasteiger charge is 2.19. The second-order valence-corrected chi connectivity index (χ2v) is 5.20. The lowest BCUT2D eigenvalue weighted by Gasteiger charge is -2.14. The van der Waals surface area contributed by atoms with Gasteiger partial charge in [0.25, 0.3) is 5.91 Å². The van der Waals surface area contributed by atoms with E-state index in [1.807, 2.05) is 0 Å².